The molecule has 1 amide bonds. The van der Waals surface area contributed by atoms with Gasteiger partial charge in [-0.15, -0.1) is 34.0 Å². The van der Waals surface area contributed by atoms with E-state index in [0.717, 1.165) is 59.8 Å². The molecule has 1 aliphatic heterocycles. The average Bonchev–Trinajstić information content (AvgIpc) is 3.46. The van der Waals surface area contributed by atoms with Gasteiger partial charge < -0.3 is 4.74 Å². The third-order valence-corrected chi connectivity index (χ3v) is 7.40. The third-order valence-electron chi connectivity index (χ3n) is 4.65. The van der Waals surface area contributed by atoms with Gasteiger partial charge in [0, 0.05) is 36.4 Å². The quantitative estimate of drug-likeness (QED) is 0.546. The molecule has 0 unspecified atom stereocenters. The summed E-state index contributed by atoms with van der Waals surface area (Å²) in [5, 5.41) is 4.78. The Kier molecular flexibility index (Phi) is 6.54. The molecule has 0 aliphatic carbocycles. The van der Waals surface area contributed by atoms with E-state index in [0.29, 0.717) is 6.54 Å². The molecule has 0 bridgehead atoms. The summed E-state index contributed by atoms with van der Waals surface area (Å²) >= 11 is 4.76. The molecule has 0 aromatic carbocycles. The van der Waals surface area contributed by atoms with E-state index in [1.807, 2.05) is 22.4 Å². The summed E-state index contributed by atoms with van der Waals surface area (Å²) in [4.78, 5) is 25.3. The number of carbonyl (C=O) groups is 1. The number of thiazole rings is 1. The summed E-state index contributed by atoms with van der Waals surface area (Å²) in [6.45, 7) is 7.28. The first kappa shape index (κ1) is 19.7. The van der Waals surface area contributed by atoms with Crippen LogP contribution in [0, 0.1) is 6.92 Å². The molecular weight excluding hydrogens is 410 g/mol. The number of hydrogen-bond acceptors (Lipinski definition) is 7. The molecule has 5 nitrogen and oxygen atoms in total. The molecule has 4 rings (SSSR count). The molecule has 0 spiro atoms. The second-order valence-electron chi connectivity index (χ2n) is 6.67. The predicted molar refractivity (Wildman–Crippen MR) is 118 cm³/mol. The molecule has 0 atom stereocenters. The van der Waals surface area contributed by atoms with E-state index < -0.39 is 0 Å². The van der Waals surface area contributed by atoms with E-state index in [9.17, 15) is 4.79 Å². The molecule has 0 N–H and O–H groups in total. The van der Waals surface area contributed by atoms with Crippen LogP contribution in [0.2, 0.25) is 0 Å². The Balaban J connectivity index is 1.49. The van der Waals surface area contributed by atoms with Gasteiger partial charge in [0.2, 0.25) is 0 Å². The van der Waals surface area contributed by atoms with Crippen LogP contribution in [-0.2, 0) is 4.74 Å². The SMILES string of the molecule is Cc1ccc(-c2csc(N(CCCN3CCOCC3)C(=O)c3cccs3)n2)s1. The first-order valence-corrected chi connectivity index (χ1v) is 12.0. The zero-order chi connectivity index (χ0) is 19.3. The maximum absolute atomic E-state index is 13.1. The van der Waals surface area contributed by atoms with Gasteiger partial charge in [0.05, 0.1) is 28.7 Å². The Hall–Kier alpha value is -1.58. The lowest BCUT2D eigenvalue weighted by Gasteiger charge is -2.27. The lowest BCUT2D eigenvalue weighted by atomic mass is 10.3. The number of amides is 1. The molecule has 4 heterocycles. The minimum atomic E-state index is 0.0419. The number of hydrogen-bond donors (Lipinski definition) is 0. The molecule has 148 valence electrons. The minimum absolute atomic E-state index is 0.0419. The summed E-state index contributed by atoms with van der Waals surface area (Å²) in [6, 6.07) is 8.02. The maximum Gasteiger partial charge on any atom is 0.270 e. The molecule has 3 aromatic heterocycles. The molecule has 1 fully saturated rings. The number of morpholine rings is 1. The zero-order valence-electron chi connectivity index (χ0n) is 15.8. The van der Waals surface area contributed by atoms with Gasteiger partial charge in [0.25, 0.3) is 5.91 Å². The highest BCUT2D eigenvalue weighted by molar-refractivity contribution is 7.17. The van der Waals surface area contributed by atoms with Gasteiger partial charge in [0.15, 0.2) is 5.13 Å². The van der Waals surface area contributed by atoms with Crippen LogP contribution < -0.4 is 4.90 Å². The summed E-state index contributed by atoms with van der Waals surface area (Å²) < 4.78 is 5.42. The van der Waals surface area contributed by atoms with Gasteiger partial charge in [-0.25, -0.2) is 4.98 Å². The van der Waals surface area contributed by atoms with Crippen molar-refractivity contribution in [3.8, 4) is 10.6 Å². The van der Waals surface area contributed by atoms with Crippen molar-refractivity contribution in [1.29, 1.82) is 0 Å². The number of anilines is 1. The fraction of sp³-hybridized carbons (Fsp3) is 0.400. The number of aromatic nitrogens is 1. The Morgan fingerprint density at radius 2 is 2.11 bits per heavy atom. The summed E-state index contributed by atoms with van der Waals surface area (Å²) in [5.74, 6) is 0.0419. The Morgan fingerprint density at radius 3 is 2.82 bits per heavy atom. The predicted octanol–water partition coefficient (Wildman–Crippen LogP) is 4.61. The van der Waals surface area contributed by atoms with E-state index in [-0.39, 0.29) is 5.91 Å². The topological polar surface area (TPSA) is 45.7 Å². The molecule has 8 heteroatoms. The van der Waals surface area contributed by atoms with Gasteiger partial charge in [-0.05, 0) is 36.9 Å². The van der Waals surface area contributed by atoms with Crippen LogP contribution >= 0.6 is 34.0 Å². The van der Waals surface area contributed by atoms with Crippen LogP contribution in [0.25, 0.3) is 10.6 Å². The monoisotopic (exact) mass is 433 g/mol. The van der Waals surface area contributed by atoms with Crippen molar-refractivity contribution >= 4 is 45.0 Å². The van der Waals surface area contributed by atoms with E-state index in [4.69, 9.17) is 9.72 Å². The van der Waals surface area contributed by atoms with E-state index >= 15 is 0 Å². The van der Waals surface area contributed by atoms with E-state index in [2.05, 4.69) is 29.3 Å². The van der Waals surface area contributed by atoms with Crippen molar-refractivity contribution in [2.45, 2.75) is 13.3 Å². The number of nitrogens with zero attached hydrogens (tertiary/aromatic N) is 3. The number of thiophene rings is 2. The van der Waals surface area contributed by atoms with Crippen molar-refractivity contribution in [3.63, 3.8) is 0 Å². The van der Waals surface area contributed by atoms with Crippen molar-refractivity contribution < 1.29 is 9.53 Å². The van der Waals surface area contributed by atoms with Gasteiger partial charge in [-0.2, -0.15) is 0 Å². The second kappa shape index (κ2) is 9.28. The molecule has 0 saturated carbocycles. The Morgan fingerprint density at radius 1 is 1.25 bits per heavy atom. The van der Waals surface area contributed by atoms with E-state index in [1.54, 1.807) is 22.7 Å². The van der Waals surface area contributed by atoms with Crippen LogP contribution in [0.5, 0.6) is 0 Å². The van der Waals surface area contributed by atoms with Crippen molar-refractivity contribution in [1.82, 2.24) is 9.88 Å². The second-order valence-corrected chi connectivity index (χ2v) is 9.74. The summed E-state index contributed by atoms with van der Waals surface area (Å²) in [5.41, 5.74) is 0.954. The normalized spacial score (nSPS) is 15.0. The van der Waals surface area contributed by atoms with Gasteiger partial charge >= 0.3 is 0 Å². The number of carbonyl (C=O) groups excluding carboxylic acids is 1. The third kappa shape index (κ3) is 4.69. The number of rotatable bonds is 7. The lowest BCUT2D eigenvalue weighted by Crippen LogP contribution is -2.39. The zero-order valence-corrected chi connectivity index (χ0v) is 18.2. The summed E-state index contributed by atoms with van der Waals surface area (Å²) in [6.07, 6.45) is 0.921. The van der Waals surface area contributed by atoms with Crippen LogP contribution in [0.1, 0.15) is 21.0 Å². The molecule has 0 radical (unpaired) electrons. The van der Waals surface area contributed by atoms with Gasteiger partial charge in [-0.1, -0.05) is 6.07 Å². The number of aryl methyl sites for hydroxylation is 1. The standard InChI is InChI=1S/C20H23N3O2S3/c1-15-5-6-17(28-15)16-14-27-20(21-16)23(19(24)18-4-2-13-26-18)8-3-7-22-9-11-25-12-10-22/h2,4-6,13-14H,3,7-12H2,1H3. The number of ether oxygens (including phenoxy) is 1. The summed E-state index contributed by atoms with van der Waals surface area (Å²) in [7, 11) is 0. The maximum atomic E-state index is 13.1. The van der Waals surface area contributed by atoms with Crippen LogP contribution in [-0.4, -0.2) is 55.2 Å². The average molecular weight is 434 g/mol. The first-order valence-electron chi connectivity index (χ1n) is 9.38. The first-order chi connectivity index (χ1) is 13.7. The van der Waals surface area contributed by atoms with Crippen molar-refractivity contribution in [3.05, 3.63) is 44.8 Å². The van der Waals surface area contributed by atoms with Gasteiger partial charge in [0.1, 0.15) is 0 Å². The Labute approximate surface area is 177 Å². The molecular formula is C20H23N3O2S3. The molecule has 3 aromatic rings. The highest BCUT2D eigenvalue weighted by atomic mass is 32.1. The van der Waals surface area contributed by atoms with Crippen LogP contribution in [0.15, 0.2) is 35.0 Å². The van der Waals surface area contributed by atoms with Crippen molar-refractivity contribution in [2.24, 2.45) is 0 Å². The van der Waals surface area contributed by atoms with Crippen molar-refractivity contribution in [2.75, 3.05) is 44.3 Å². The van der Waals surface area contributed by atoms with E-state index in [1.165, 1.54) is 16.2 Å². The highest BCUT2D eigenvalue weighted by Gasteiger charge is 2.22. The van der Waals surface area contributed by atoms with Crippen LogP contribution in [0.3, 0.4) is 0 Å². The smallest absolute Gasteiger partial charge is 0.270 e. The lowest BCUT2D eigenvalue weighted by molar-refractivity contribution is 0.0376. The Bertz CT molecular complexity index is 898. The molecule has 28 heavy (non-hydrogen) atoms. The highest BCUT2D eigenvalue weighted by Crippen LogP contribution is 2.32. The molecule has 1 saturated heterocycles. The fourth-order valence-corrected chi connectivity index (χ4v) is 5.59. The van der Waals surface area contributed by atoms with Crippen LogP contribution in [0.4, 0.5) is 5.13 Å². The fourth-order valence-electron chi connectivity index (χ4n) is 3.17. The minimum Gasteiger partial charge on any atom is -0.379 e. The van der Waals surface area contributed by atoms with Gasteiger partial charge in [-0.3, -0.25) is 14.6 Å². The largest absolute Gasteiger partial charge is 0.379 e. The molecule has 1 aliphatic rings.